The highest BCUT2D eigenvalue weighted by atomic mass is 79.9. The fourth-order valence-electron chi connectivity index (χ4n) is 1.83. The summed E-state index contributed by atoms with van der Waals surface area (Å²) in [4.78, 5) is 0. The zero-order chi connectivity index (χ0) is 14.9. The van der Waals surface area contributed by atoms with Gasteiger partial charge in [-0.15, -0.1) is 0 Å². The number of rotatable bonds is 3. The summed E-state index contributed by atoms with van der Waals surface area (Å²) < 4.78 is 19.6. The van der Waals surface area contributed by atoms with Gasteiger partial charge in [0.2, 0.25) is 0 Å². The summed E-state index contributed by atoms with van der Waals surface area (Å²) in [6, 6.07) is 7.79. The van der Waals surface area contributed by atoms with E-state index in [1.807, 2.05) is 0 Å². The number of ether oxygens (including phenoxy) is 1. The van der Waals surface area contributed by atoms with Gasteiger partial charge in [0, 0.05) is 21.1 Å². The van der Waals surface area contributed by atoms with Crippen molar-refractivity contribution in [3.63, 3.8) is 0 Å². The van der Waals surface area contributed by atoms with E-state index >= 15 is 0 Å². The van der Waals surface area contributed by atoms with Gasteiger partial charge in [0.25, 0.3) is 0 Å². The smallest absolute Gasteiger partial charge is 0.141 e. The lowest BCUT2D eigenvalue weighted by Gasteiger charge is -2.17. The van der Waals surface area contributed by atoms with Crippen LogP contribution in [0.4, 0.5) is 4.39 Å². The van der Waals surface area contributed by atoms with Crippen LogP contribution in [0, 0.1) is 5.82 Å². The molecule has 0 heterocycles. The molecule has 2 aromatic carbocycles. The molecular formula is C14H10Br2ClFO2. The maximum Gasteiger partial charge on any atom is 0.141 e. The summed E-state index contributed by atoms with van der Waals surface area (Å²) in [5.74, 6) is -0.173. The van der Waals surface area contributed by atoms with Crippen molar-refractivity contribution in [3.8, 4) is 5.75 Å². The predicted octanol–water partition coefficient (Wildman–Crippen LogP) is 5.09. The zero-order valence-electron chi connectivity index (χ0n) is 10.3. The van der Waals surface area contributed by atoms with Crippen LogP contribution in [-0.2, 0) is 0 Å². The summed E-state index contributed by atoms with van der Waals surface area (Å²) in [6.07, 6.45) is -0.964. The number of halogens is 4. The van der Waals surface area contributed by atoms with Gasteiger partial charge >= 0.3 is 0 Å². The molecule has 0 saturated heterocycles. The molecule has 20 heavy (non-hydrogen) atoms. The zero-order valence-corrected chi connectivity index (χ0v) is 14.3. The summed E-state index contributed by atoms with van der Waals surface area (Å²) in [5.41, 5.74) is 1.08. The van der Waals surface area contributed by atoms with Crippen LogP contribution in [0.25, 0.3) is 0 Å². The molecule has 106 valence electrons. The molecule has 0 fully saturated rings. The Bertz CT molecular complexity index is 649. The Kier molecular flexibility index (Phi) is 5.07. The van der Waals surface area contributed by atoms with Crippen molar-refractivity contribution in [2.45, 2.75) is 6.10 Å². The summed E-state index contributed by atoms with van der Waals surface area (Å²) >= 11 is 12.3. The molecule has 0 radical (unpaired) electrons. The van der Waals surface area contributed by atoms with Crippen molar-refractivity contribution < 1.29 is 14.2 Å². The minimum Gasteiger partial charge on any atom is -0.496 e. The van der Waals surface area contributed by atoms with E-state index < -0.39 is 11.9 Å². The van der Waals surface area contributed by atoms with Crippen LogP contribution in [0.3, 0.4) is 0 Å². The van der Waals surface area contributed by atoms with Crippen LogP contribution in [0.1, 0.15) is 17.2 Å². The van der Waals surface area contributed by atoms with Gasteiger partial charge in [-0.3, -0.25) is 0 Å². The van der Waals surface area contributed by atoms with Crippen LogP contribution in [-0.4, -0.2) is 12.2 Å². The molecule has 1 N–H and O–H groups in total. The van der Waals surface area contributed by atoms with Gasteiger partial charge in [-0.25, -0.2) is 4.39 Å². The molecule has 2 rings (SSSR count). The third-order valence-electron chi connectivity index (χ3n) is 2.82. The Morgan fingerprint density at radius 2 is 1.85 bits per heavy atom. The molecule has 0 bridgehead atoms. The SMILES string of the molecule is COc1cc(F)c(Br)cc1C(O)c1ccc(Cl)cc1Br. The van der Waals surface area contributed by atoms with Crippen molar-refractivity contribution >= 4 is 43.5 Å². The van der Waals surface area contributed by atoms with E-state index in [-0.39, 0.29) is 10.2 Å². The Morgan fingerprint density at radius 1 is 1.15 bits per heavy atom. The maximum atomic E-state index is 13.5. The Morgan fingerprint density at radius 3 is 2.45 bits per heavy atom. The molecule has 0 amide bonds. The van der Waals surface area contributed by atoms with Gasteiger partial charge in [-0.1, -0.05) is 33.6 Å². The van der Waals surface area contributed by atoms with Gasteiger partial charge < -0.3 is 9.84 Å². The highest BCUT2D eigenvalue weighted by Gasteiger charge is 2.20. The number of hydrogen-bond donors (Lipinski definition) is 1. The quantitative estimate of drug-likeness (QED) is 0.743. The highest BCUT2D eigenvalue weighted by molar-refractivity contribution is 9.10. The number of methoxy groups -OCH3 is 1. The molecule has 1 atom stereocenters. The van der Waals surface area contributed by atoms with Gasteiger partial charge in [0.15, 0.2) is 0 Å². The molecule has 0 aliphatic carbocycles. The first-order valence-corrected chi connectivity index (χ1v) is 7.56. The number of aliphatic hydroxyl groups excluding tert-OH is 1. The van der Waals surface area contributed by atoms with Crippen molar-refractivity contribution in [1.29, 1.82) is 0 Å². The highest BCUT2D eigenvalue weighted by Crippen LogP contribution is 2.37. The molecule has 0 aliphatic heterocycles. The number of aliphatic hydroxyl groups is 1. The second-order valence-electron chi connectivity index (χ2n) is 4.08. The lowest BCUT2D eigenvalue weighted by Crippen LogP contribution is -2.04. The molecule has 0 spiro atoms. The third kappa shape index (κ3) is 3.17. The lowest BCUT2D eigenvalue weighted by atomic mass is 10.0. The van der Waals surface area contributed by atoms with E-state index in [1.54, 1.807) is 18.2 Å². The van der Waals surface area contributed by atoms with E-state index in [0.29, 0.717) is 20.6 Å². The van der Waals surface area contributed by atoms with E-state index in [2.05, 4.69) is 31.9 Å². The summed E-state index contributed by atoms with van der Waals surface area (Å²) in [5, 5.41) is 11.1. The van der Waals surface area contributed by atoms with Crippen molar-refractivity contribution in [3.05, 3.63) is 61.2 Å². The maximum absolute atomic E-state index is 13.5. The van der Waals surface area contributed by atoms with Gasteiger partial charge in [-0.05, 0) is 39.7 Å². The first kappa shape index (κ1) is 15.8. The van der Waals surface area contributed by atoms with Crippen molar-refractivity contribution in [2.75, 3.05) is 7.11 Å². The largest absolute Gasteiger partial charge is 0.496 e. The topological polar surface area (TPSA) is 29.5 Å². The van der Waals surface area contributed by atoms with E-state index in [4.69, 9.17) is 16.3 Å². The fourth-order valence-corrected chi connectivity index (χ4v) is 3.09. The van der Waals surface area contributed by atoms with Crippen LogP contribution >= 0.6 is 43.5 Å². The Labute approximate surface area is 137 Å². The van der Waals surface area contributed by atoms with E-state index in [1.165, 1.54) is 19.2 Å². The van der Waals surface area contributed by atoms with Gasteiger partial charge in [0.1, 0.15) is 17.7 Å². The average Bonchev–Trinajstić information content (AvgIpc) is 2.40. The first-order valence-electron chi connectivity index (χ1n) is 5.60. The van der Waals surface area contributed by atoms with Crippen LogP contribution in [0.2, 0.25) is 5.02 Å². The Hall–Kier alpha value is -0.620. The van der Waals surface area contributed by atoms with Crippen molar-refractivity contribution in [2.24, 2.45) is 0 Å². The predicted molar refractivity (Wildman–Crippen MR) is 83.9 cm³/mol. The minimum atomic E-state index is -0.964. The summed E-state index contributed by atoms with van der Waals surface area (Å²) in [6.45, 7) is 0. The average molecular weight is 424 g/mol. The lowest BCUT2D eigenvalue weighted by molar-refractivity contribution is 0.213. The first-order chi connectivity index (χ1) is 9.43. The molecule has 2 nitrogen and oxygen atoms in total. The monoisotopic (exact) mass is 422 g/mol. The molecule has 0 aliphatic rings. The minimum absolute atomic E-state index is 0.262. The molecule has 0 saturated carbocycles. The van der Waals surface area contributed by atoms with Crippen LogP contribution in [0.5, 0.6) is 5.75 Å². The normalized spacial score (nSPS) is 12.3. The Balaban J connectivity index is 2.52. The molecule has 6 heteroatoms. The fraction of sp³-hybridized carbons (Fsp3) is 0.143. The number of benzene rings is 2. The number of hydrogen-bond acceptors (Lipinski definition) is 2. The molecule has 2 aromatic rings. The van der Waals surface area contributed by atoms with Crippen LogP contribution < -0.4 is 4.74 Å². The van der Waals surface area contributed by atoms with Gasteiger partial charge in [-0.2, -0.15) is 0 Å². The van der Waals surface area contributed by atoms with Gasteiger partial charge in [0.05, 0.1) is 11.6 Å². The van der Waals surface area contributed by atoms with E-state index in [9.17, 15) is 9.50 Å². The second kappa shape index (κ2) is 6.43. The van der Waals surface area contributed by atoms with Crippen molar-refractivity contribution in [1.82, 2.24) is 0 Å². The summed E-state index contributed by atoms with van der Waals surface area (Å²) in [7, 11) is 1.43. The van der Waals surface area contributed by atoms with E-state index in [0.717, 1.165) is 0 Å². The molecule has 0 aromatic heterocycles. The van der Waals surface area contributed by atoms with Crippen LogP contribution in [0.15, 0.2) is 39.3 Å². The molecular weight excluding hydrogens is 414 g/mol. The third-order valence-corrected chi connectivity index (χ3v) is 4.35. The second-order valence-corrected chi connectivity index (χ2v) is 6.22. The standard InChI is InChI=1S/C14H10Br2ClFO2/c1-20-13-6-12(18)11(16)5-9(13)14(19)8-3-2-7(17)4-10(8)15/h2-6,14,19H,1H3. The molecule has 1 unspecified atom stereocenters.